The van der Waals surface area contributed by atoms with Crippen LogP contribution < -0.4 is 5.32 Å². The van der Waals surface area contributed by atoms with E-state index in [1.807, 2.05) is 13.0 Å². The molecule has 4 aromatic rings. The van der Waals surface area contributed by atoms with Crippen molar-refractivity contribution in [2.45, 2.75) is 16.3 Å². The van der Waals surface area contributed by atoms with Crippen LogP contribution in [0.15, 0.2) is 45.8 Å². The summed E-state index contributed by atoms with van der Waals surface area (Å²) in [7, 11) is 0. The van der Waals surface area contributed by atoms with E-state index in [2.05, 4.69) is 30.8 Å². The smallest absolute Gasteiger partial charge is 0.206 e. The van der Waals surface area contributed by atoms with Gasteiger partial charge in [0.05, 0.1) is 5.56 Å². The number of aromatic nitrogens is 6. The maximum atomic E-state index is 14.1. The Kier molecular flexibility index (Phi) is 4.28. The highest BCUT2D eigenvalue weighted by molar-refractivity contribution is 8.01. The number of nitrogens with one attached hydrogen (secondary N) is 1. The summed E-state index contributed by atoms with van der Waals surface area (Å²) in [4.78, 5) is 0. The molecule has 4 rings (SSSR count). The van der Waals surface area contributed by atoms with Crippen LogP contribution in [-0.2, 0) is 0 Å². The molecule has 25 heavy (non-hydrogen) atoms. The summed E-state index contributed by atoms with van der Waals surface area (Å²) in [6, 6.07) is 10.0. The highest BCUT2D eigenvalue weighted by Crippen LogP contribution is 2.31. The number of hydrogen-bond acceptors (Lipinski definition) is 8. The number of nitrogens with zero attached hydrogens (tertiary/aromatic N) is 6. The summed E-state index contributed by atoms with van der Waals surface area (Å²) in [5.41, 5.74) is 0.906. The first-order chi connectivity index (χ1) is 12.2. The van der Waals surface area contributed by atoms with E-state index in [-0.39, 0.29) is 5.82 Å². The second-order valence-corrected chi connectivity index (χ2v) is 7.20. The van der Waals surface area contributed by atoms with Crippen molar-refractivity contribution in [2.24, 2.45) is 0 Å². The third-order valence-electron chi connectivity index (χ3n) is 3.28. The molecule has 0 radical (unpaired) electrons. The van der Waals surface area contributed by atoms with Crippen LogP contribution in [0.2, 0.25) is 0 Å². The SMILES string of the molecule is CCNc1nnc(Sc2ccc3nnc(-c4ccccc4F)n3n2)s1. The summed E-state index contributed by atoms with van der Waals surface area (Å²) < 4.78 is 16.4. The molecular weight excluding hydrogens is 361 g/mol. The average molecular weight is 373 g/mol. The highest BCUT2D eigenvalue weighted by atomic mass is 32.2. The first kappa shape index (κ1) is 15.9. The summed E-state index contributed by atoms with van der Waals surface area (Å²) in [5, 5.41) is 25.4. The van der Waals surface area contributed by atoms with E-state index in [1.54, 1.807) is 24.3 Å². The Morgan fingerprint density at radius 2 is 2.00 bits per heavy atom. The second-order valence-electron chi connectivity index (χ2n) is 4.95. The van der Waals surface area contributed by atoms with E-state index in [1.165, 1.54) is 33.7 Å². The second kappa shape index (κ2) is 6.73. The van der Waals surface area contributed by atoms with E-state index < -0.39 is 0 Å². The molecule has 0 spiro atoms. The third-order valence-corrected chi connectivity index (χ3v) is 5.14. The van der Waals surface area contributed by atoms with Gasteiger partial charge in [-0.05, 0) is 43.0 Å². The number of benzene rings is 1. The van der Waals surface area contributed by atoms with Gasteiger partial charge >= 0.3 is 0 Å². The molecule has 1 N–H and O–H groups in total. The van der Waals surface area contributed by atoms with Crippen molar-refractivity contribution in [3.63, 3.8) is 0 Å². The lowest BCUT2D eigenvalue weighted by atomic mass is 10.2. The molecule has 0 saturated heterocycles. The standard InChI is InChI=1S/C15H12FN7S2/c1-2-17-14-20-21-15(25-14)24-12-8-7-11-18-19-13(23(11)22-12)9-5-3-4-6-10(9)16/h3-8H,2H2,1H3,(H,17,20). The van der Waals surface area contributed by atoms with E-state index in [0.717, 1.165) is 16.0 Å². The maximum absolute atomic E-state index is 14.1. The van der Waals surface area contributed by atoms with Gasteiger partial charge < -0.3 is 5.32 Å². The normalized spacial score (nSPS) is 11.1. The van der Waals surface area contributed by atoms with Gasteiger partial charge in [-0.2, -0.15) is 9.61 Å². The van der Waals surface area contributed by atoms with Gasteiger partial charge in [0.1, 0.15) is 10.8 Å². The number of hydrogen-bond donors (Lipinski definition) is 1. The summed E-state index contributed by atoms with van der Waals surface area (Å²) >= 11 is 2.84. The molecule has 0 bridgehead atoms. The fourth-order valence-electron chi connectivity index (χ4n) is 2.20. The molecule has 0 aliphatic carbocycles. The predicted octanol–water partition coefficient (Wildman–Crippen LogP) is 3.36. The van der Waals surface area contributed by atoms with E-state index >= 15 is 0 Å². The number of anilines is 1. The van der Waals surface area contributed by atoms with E-state index in [4.69, 9.17) is 0 Å². The Morgan fingerprint density at radius 1 is 1.12 bits per heavy atom. The monoisotopic (exact) mass is 373 g/mol. The van der Waals surface area contributed by atoms with Crippen molar-refractivity contribution in [2.75, 3.05) is 11.9 Å². The van der Waals surface area contributed by atoms with Gasteiger partial charge in [-0.25, -0.2) is 4.39 Å². The van der Waals surface area contributed by atoms with Gasteiger partial charge in [-0.3, -0.25) is 0 Å². The van der Waals surface area contributed by atoms with Crippen LogP contribution in [0.25, 0.3) is 17.0 Å². The van der Waals surface area contributed by atoms with Crippen LogP contribution in [0.4, 0.5) is 9.52 Å². The van der Waals surface area contributed by atoms with Gasteiger partial charge in [0.15, 0.2) is 15.8 Å². The molecule has 0 amide bonds. The van der Waals surface area contributed by atoms with Gasteiger partial charge in [-0.1, -0.05) is 23.5 Å². The predicted molar refractivity (Wildman–Crippen MR) is 94.4 cm³/mol. The Morgan fingerprint density at radius 3 is 2.84 bits per heavy atom. The Labute approximate surface area is 150 Å². The van der Waals surface area contributed by atoms with Gasteiger partial charge in [-0.15, -0.1) is 20.4 Å². The van der Waals surface area contributed by atoms with Crippen molar-refractivity contribution in [3.8, 4) is 11.4 Å². The van der Waals surface area contributed by atoms with E-state index in [9.17, 15) is 4.39 Å². The van der Waals surface area contributed by atoms with Gasteiger partial charge in [0, 0.05) is 6.54 Å². The fraction of sp³-hybridized carbons (Fsp3) is 0.133. The summed E-state index contributed by atoms with van der Waals surface area (Å²) in [6.45, 7) is 2.79. The number of fused-ring (bicyclic) bond motifs is 1. The van der Waals surface area contributed by atoms with Crippen LogP contribution in [0.3, 0.4) is 0 Å². The van der Waals surface area contributed by atoms with Gasteiger partial charge in [0.25, 0.3) is 0 Å². The third kappa shape index (κ3) is 3.17. The molecule has 126 valence electrons. The lowest BCUT2D eigenvalue weighted by Gasteiger charge is -2.02. The van der Waals surface area contributed by atoms with Crippen LogP contribution >= 0.6 is 23.1 Å². The Balaban J connectivity index is 1.69. The Hall–Kier alpha value is -2.59. The minimum Gasteiger partial charge on any atom is -0.360 e. The van der Waals surface area contributed by atoms with Crippen molar-refractivity contribution >= 4 is 33.9 Å². The van der Waals surface area contributed by atoms with E-state index in [0.29, 0.717) is 22.1 Å². The molecule has 7 nitrogen and oxygen atoms in total. The largest absolute Gasteiger partial charge is 0.360 e. The maximum Gasteiger partial charge on any atom is 0.206 e. The van der Waals surface area contributed by atoms with Crippen molar-refractivity contribution in [1.29, 1.82) is 0 Å². The summed E-state index contributed by atoms with van der Waals surface area (Å²) in [5.74, 6) is -0.00258. The van der Waals surface area contributed by atoms with Crippen LogP contribution in [0.1, 0.15) is 6.92 Å². The topological polar surface area (TPSA) is 80.9 Å². The van der Waals surface area contributed by atoms with Crippen LogP contribution in [0.5, 0.6) is 0 Å². The first-order valence-electron chi connectivity index (χ1n) is 7.47. The molecule has 1 aromatic carbocycles. The highest BCUT2D eigenvalue weighted by Gasteiger charge is 2.14. The lowest BCUT2D eigenvalue weighted by Crippen LogP contribution is -1.97. The molecule has 0 unspecified atom stereocenters. The zero-order chi connectivity index (χ0) is 17.2. The fourth-order valence-corrected chi connectivity index (χ4v) is 3.92. The van der Waals surface area contributed by atoms with Crippen LogP contribution in [0, 0.1) is 5.82 Å². The lowest BCUT2D eigenvalue weighted by molar-refractivity contribution is 0.629. The van der Waals surface area contributed by atoms with Gasteiger partial charge in [0.2, 0.25) is 5.13 Å². The zero-order valence-electron chi connectivity index (χ0n) is 13.0. The number of rotatable bonds is 5. The molecule has 0 aliphatic heterocycles. The average Bonchev–Trinajstić information content (AvgIpc) is 3.22. The minimum atomic E-state index is -0.365. The van der Waals surface area contributed by atoms with Crippen LogP contribution in [-0.4, -0.2) is 36.6 Å². The molecule has 10 heteroatoms. The number of halogens is 1. The molecule has 0 atom stereocenters. The van der Waals surface area contributed by atoms with Crippen molar-refractivity contribution in [3.05, 3.63) is 42.2 Å². The minimum absolute atomic E-state index is 0.356. The quantitative estimate of drug-likeness (QED) is 0.574. The molecule has 0 aliphatic rings. The van der Waals surface area contributed by atoms with Crippen molar-refractivity contribution < 1.29 is 4.39 Å². The zero-order valence-corrected chi connectivity index (χ0v) is 14.7. The molecule has 3 aromatic heterocycles. The Bertz CT molecular complexity index is 1030. The molecular formula is C15H12FN7S2. The first-order valence-corrected chi connectivity index (χ1v) is 9.10. The molecule has 3 heterocycles. The van der Waals surface area contributed by atoms with Crippen molar-refractivity contribution in [1.82, 2.24) is 30.0 Å². The molecule has 0 fully saturated rings. The summed E-state index contributed by atoms with van der Waals surface area (Å²) in [6.07, 6.45) is 0. The molecule has 0 saturated carbocycles.